The molecule has 0 saturated carbocycles. The van der Waals surface area contributed by atoms with E-state index in [4.69, 9.17) is 11.6 Å². The summed E-state index contributed by atoms with van der Waals surface area (Å²) in [6.45, 7) is 0.161. The van der Waals surface area contributed by atoms with E-state index in [0.29, 0.717) is 10.8 Å². The van der Waals surface area contributed by atoms with Gasteiger partial charge in [0, 0.05) is 33.0 Å². The molecule has 1 aromatic heterocycles. The van der Waals surface area contributed by atoms with Crippen LogP contribution in [0.3, 0.4) is 0 Å². The third-order valence-electron chi connectivity index (χ3n) is 3.61. The number of rotatable bonds is 8. The number of carbonyl (C=O) groups is 3. The fourth-order valence-corrected chi connectivity index (χ4v) is 5.09. The summed E-state index contributed by atoms with van der Waals surface area (Å²) in [6.07, 6.45) is 0.890. The number of nitrogens with one attached hydrogen (secondary N) is 1. The molecule has 11 heteroatoms. The van der Waals surface area contributed by atoms with Crippen LogP contribution in [0.15, 0.2) is 16.3 Å². The lowest BCUT2D eigenvalue weighted by atomic mass is 10.4. The van der Waals surface area contributed by atoms with Gasteiger partial charge in [0.05, 0.1) is 10.9 Å². The van der Waals surface area contributed by atoms with E-state index < -0.39 is 15.9 Å². The maximum Gasteiger partial charge on any atom is 0.252 e. The summed E-state index contributed by atoms with van der Waals surface area (Å²) in [5, 5.41) is 2.58. The molecule has 138 valence electrons. The van der Waals surface area contributed by atoms with Crippen LogP contribution in [0.25, 0.3) is 0 Å². The normalized spacial score (nSPS) is 15.2. The second kappa shape index (κ2) is 8.26. The van der Waals surface area contributed by atoms with Crippen LogP contribution in [0.5, 0.6) is 0 Å². The Kier molecular flexibility index (Phi) is 6.55. The first-order chi connectivity index (χ1) is 11.7. The summed E-state index contributed by atoms with van der Waals surface area (Å²) in [4.78, 5) is 35.9. The van der Waals surface area contributed by atoms with Gasteiger partial charge in [0.2, 0.25) is 17.7 Å². The highest BCUT2D eigenvalue weighted by Gasteiger charge is 2.28. The Bertz CT molecular complexity index is 761. The van der Waals surface area contributed by atoms with Crippen LogP contribution < -0.4 is 5.32 Å². The molecule has 0 atom stereocenters. The van der Waals surface area contributed by atoms with Crippen molar-refractivity contribution in [2.45, 2.75) is 23.5 Å². The quantitative estimate of drug-likeness (QED) is 0.504. The molecular weight excluding hydrogens is 390 g/mol. The lowest BCUT2D eigenvalue weighted by Crippen LogP contribution is -2.39. The van der Waals surface area contributed by atoms with Crippen LogP contribution in [0, 0.1) is 0 Å². The largest absolute Gasteiger partial charge is 0.355 e. The van der Waals surface area contributed by atoms with Crippen LogP contribution in [0.2, 0.25) is 4.34 Å². The monoisotopic (exact) mass is 407 g/mol. The average Bonchev–Trinajstić information content (AvgIpc) is 3.11. The highest BCUT2D eigenvalue weighted by molar-refractivity contribution is 7.91. The first kappa shape index (κ1) is 19.8. The number of hydrogen-bond donors (Lipinski definition) is 1. The van der Waals surface area contributed by atoms with Gasteiger partial charge in [-0.2, -0.15) is 4.31 Å². The average molecular weight is 408 g/mol. The Balaban J connectivity index is 1.76. The van der Waals surface area contributed by atoms with E-state index in [0.717, 1.165) is 15.6 Å². The Morgan fingerprint density at radius 3 is 2.52 bits per heavy atom. The molecule has 0 spiro atoms. The number of hydrogen-bond acceptors (Lipinski definition) is 6. The van der Waals surface area contributed by atoms with E-state index in [9.17, 15) is 22.8 Å². The molecule has 0 bridgehead atoms. The van der Waals surface area contributed by atoms with Gasteiger partial charge < -0.3 is 5.32 Å². The Morgan fingerprint density at radius 1 is 1.32 bits per heavy atom. The van der Waals surface area contributed by atoms with Gasteiger partial charge in [-0.3, -0.25) is 19.3 Å². The van der Waals surface area contributed by atoms with E-state index in [2.05, 4.69) is 5.32 Å². The van der Waals surface area contributed by atoms with E-state index >= 15 is 0 Å². The second-order valence-electron chi connectivity index (χ2n) is 5.46. The van der Waals surface area contributed by atoms with Crippen LogP contribution in [-0.2, 0) is 24.4 Å². The molecule has 1 N–H and O–H groups in total. The van der Waals surface area contributed by atoms with Crippen molar-refractivity contribution in [3.8, 4) is 0 Å². The Labute approximate surface area is 154 Å². The molecule has 0 aromatic carbocycles. The standard InChI is InChI=1S/C14H18ClN3O5S2/c1-17(25(22,23)14-6-3-10(15)24-14)9-11(19)16-7-2-8-18-12(20)4-5-13(18)21/h3,6H,2,4-5,7-9H2,1H3,(H,16,19). The van der Waals surface area contributed by atoms with Crippen LogP contribution in [-0.4, -0.2) is 62.0 Å². The summed E-state index contributed by atoms with van der Waals surface area (Å²) >= 11 is 6.66. The zero-order valence-electron chi connectivity index (χ0n) is 13.5. The summed E-state index contributed by atoms with van der Waals surface area (Å²) in [5.41, 5.74) is 0. The maximum atomic E-state index is 12.3. The smallest absolute Gasteiger partial charge is 0.252 e. The summed E-state index contributed by atoms with van der Waals surface area (Å²) < 4.78 is 25.9. The minimum Gasteiger partial charge on any atom is -0.355 e. The third-order valence-corrected chi connectivity index (χ3v) is 7.12. The van der Waals surface area contributed by atoms with Gasteiger partial charge in [0.15, 0.2) is 0 Å². The lowest BCUT2D eigenvalue weighted by molar-refractivity contribution is -0.138. The van der Waals surface area contributed by atoms with Crippen LogP contribution >= 0.6 is 22.9 Å². The zero-order chi connectivity index (χ0) is 18.6. The molecule has 1 fully saturated rings. The van der Waals surface area contributed by atoms with Gasteiger partial charge in [-0.25, -0.2) is 8.42 Å². The molecule has 25 heavy (non-hydrogen) atoms. The second-order valence-corrected chi connectivity index (χ2v) is 9.45. The van der Waals surface area contributed by atoms with Crippen molar-refractivity contribution in [1.29, 1.82) is 0 Å². The Morgan fingerprint density at radius 2 is 1.96 bits per heavy atom. The van der Waals surface area contributed by atoms with E-state index in [-0.39, 0.29) is 48.5 Å². The van der Waals surface area contributed by atoms with E-state index in [1.807, 2.05) is 0 Å². The van der Waals surface area contributed by atoms with Crippen LogP contribution in [0.1, 0.15) is 19.3 Å². The number of thiophene rings is 1. The van der Waals surface area contributed by atoms with E-state index in [1.165, 1.54) is 24.1 Å². The van der Waals surface area contributed by atoms with Crippen LogP contribution in [0.4, 0.5) is 0 Å². The molecule has 3 amide bonds. The van der Waals surface area contributed by atoms with Crippen molar-refractivity contribution in [3.63, 3.8) is 0 Å². The molecular formula is C14H18ClN3O5S2. The summed E-state index contributed by atoms with van der Waals surface area (Å²) in [5.74, 6) is -0.860. The van der Waals surface area contributed by atoms with Gasteiger partial charge in [-0.1, -0.05) is 11.6 Å². The van der Waals surface area contributed by atoms with Gasteiger partial charge in [-0.05, 0) is 18.6 Å². The number of imide groups is 1. The first-order valence-corrected chi connectivity index (χ1v) is 10.2. The zero-order valence-corrected chi connectivity index (χ0v) is 15.9. The highest BCUT2D eigenvalue weighted by atomic mass is 35.5. The predicted octanol–water partition coefficient (Wildman–Crippen LogP) is 0.677. The van der Waals surface area contributed by atoms with Gasteiger partial charge >= 0.3 is 0 Å². The fraction of sp³-hybridized carbons (Fsp3) is 0.500. The number of halogens is 1. The minimum atomic E-state index is -3.76. The number of likely N-dealkylation sites (tertiary alicyclic amines) is 1. The lowest BCUT2D eigenvalue weighted by Gasteiger charge is -2.16. The number of likely N-dealkylation sites (N-methyl/N-ethyl adjacent to an activating group) is 1. The van der Waals surface area contributed by atoms with Gasteiger partial charge in [0.25, 0.3) is 10.0 Å². The molecule has 1 aliphatic heterocycles. The van der Waals surface area contributed by atoms with Crippen molar-refractivity contribution in [1.82, 2.24) is 14.5 Å². The topological polar surface area (TPSA) is 104 Å². The van der Waals surface area contributed by atoms with Gasteiger partial charge in [-0.15, -0.1) is 11.3 Å². The summed E-state index contributed by atoms with van der Waals surface area (Å²) in [7, 11) is -2.45. The van der Waals surface area contributed by atoms with Crippen molar-refractivity contribution >= 4 is 50.7 Å². The molecule has 8 nitrogen and oxygen atoms in total. The number of carbonyl (C=O) groups excluding carboxylic acids is 3. The molecule has 0 unspecified atom stereocenters. The molecule has 0 radical (unpaired) electrons. The van der Waals surface area contributed by atoms with Crippen molar-refractivity contribution in [3.05, 3.63) is 16.5 Å². The summed E-state index contributed by atoms with van der Waals surface area (Å²) in [6, 6.07) is 2.87. The fourth-order valence-electron chi connectivity index (χ4n) is 2.27. The first-order valence-electron chi connectivity index (χ1n) is 7.53. The van der Waals surface area contributed by atoms with Crippen molar-refractivity contribution in [2.24, 2.45) is 0 Å². The number of amides is 3. The number of nitrogens with zero attached hydrogens (tertiary/aromatic N) is 2. The predicted molar refractivity (Wildman–Crippen MR) is 92.7 cm³/mol. The molecule has 1 aromatic rings. The third kappa shape index (κ3) is 5.00. The Hall–Kier alpha value is -1.49. The molecule has 2 rings (SSSR count). The molecule has 1 saturated heterocycles. The number of sulfonamides is 1. The minimum absolute atomic E-state index is 0.0684. The SMILES string of the molecule is CN(CC(=O)NCCCN1C(=O)CCC1=O)S(=O)(=O)c1ccc(Cl)s1. The molecule has 2 heterocycles. The van der Waals surface area contributed by atoms with Crippen molar-refractivity contribution in [2.75, 3.05) is 26.7 Å². The van der Waals surface area contributed by atoms with Gasteiger partial charge in [0.1, 0.15) is 4.21 Å². The molecule has 0 aliphatic carbocycles. The molecule has 1 aliphatic rings. The van der Waals surface area contributed by atoms with E-state index in [1.54, 1.807) is 0 Å². The highest BCUT2D eigenvalue weighted by Crippen LogP contribution is 2.27. The maximum absolute atomic E-state index is 12.3. The van der Waals surface area contributed by atoms with Crippen molar-refractivity contribution < 1.29 is 22.8 Å².